The fraction of sp³-hybridized carbons (Fsp3) is 0.214. The van der Waals surface area contributed by atoms with Gasteiger partial charge in [-0.3, -0.25) is 4.79 Å². The SMILES string of the molecule is CNc1cnc(C(=O)Nc2c(C)cc(Br)cc2C)cn1. The summed E-state index contributed by atoms with van der Waals surface area (Å²) in [7, 11) is 1.75. The molecule has 1 amide bonds. The van der Waals surface area contributed by atoms with Crippen LogP contribution >= 0.6 is 15.9 Å². The molecule has 2 aromatic rings. The van der Waals surface area contributed by atoms with Gasteiger partial charge >= 0.3 is 0 Å². The molecule has 104 valence electrons. The Morgan fingerprint density at radius 2 is 1.80 bits per heavy atom. The van der Waals surface area contributed by atoms with Gasteiger partial charge in [-0.15, -0.1) is 0 Å². The summed E-state index contributed by atoms with van der Waals surface area (Å²) >= 11 is 3.43. The molecule has 1 aromatic carbocycles. The molecule has 0 aliphatic carbocycles. The summed E-state index contributed by atoms with van der Waals surface area (Å²) in [6.45, 7) is 3.90. The molecule has 1 heterocycles. The maximum Gasteiger partial charge on any atom is 0.275 e. The molecule has 5 nitrogen and oxygen atoms in total. The van der Waals surface area contributed by atoms with Crippen LogP contribution < -0.4 is 10.6 Å². The molecular weight excluding hydrogens is 320 g/mol. The number of hydrogen-bond donors (Lipinski definition) is 2. The van der Waals surface area contributed by atoms with Crippen LogP contribution in [-0.2, 0) is 0 Å². The molecule has 2 rings (SSSR count). The van der Waals surface area contributed by atoms with E-state index in [1.807, 2.05) is 26.0 Å². The van der Waals surface area contributed by atoms with Crippen LogP contribution in [0.2, 0.25) is 0 Å². The van der Waals surface area contributed by atoms with Gasteiger partial charge < -0.3 is 10.6 Å². The van der Waals surface area contributed by atoms with Crippen molar-refractivity contribution in [3.8, 4) is 0 Å². The molecule has 1 aromatic heterocycles. The second kappa shape index (κ2) is 6.00. The van der Waals surface area contributed by atoms with Crippen molar-refractivity contribution in [2.75, 3.05) is 17.7 Å². The van der Waals surface area contributed by atoms with Crippen molar-refractivity contribution < 1.29 is 4.79 Å². The molecule has 6 heteroatoms. The van der Waals surface area contributed by atoms with Gasteiger partial charge in [-0.2, -0.15) is 0 Å². The maximum atomic E-state index is 12.2. The lowest BCUT2D eigenvalue weighted by atomic mass is 10.1. The maximum absolute atomic E-state index is 12.2. The van der Waals surface area contributed by atoms with Gasteiger partial charge in [0, 0.05) is 17.2 Å². The zero-order valence-electron chi connectivity index (χ0n) is 11.5. The molecule has 0 fully saturated rings. The van der Waals surface area contributed by atoms with Crippen molar-refractivity contribution in [2.45, 2.75) is 13.8 Å². The molecule has 0 spiro atoms. The van der Waals surface area contributed by atoms with E-state index < -0.39 is 0 Å². The predicted octanol–water partition coefficient (Wildman–Crippen LogP) is 3.15. The Bertz CT molecular complexity index is 617. The molecule has 0 radical (unpaired) electrons. The molecule has 20 heavy (non-hydrogen) atoms. The van der Waals surface area contributed by atoms with Crippen molar-refractivity contribution in [1.82, 2.24) is 9.97 Å². The Kier molecular flexibility index (Phi) is 4.34. The molecular formula is C14H15BrN4O. The lowest BCUT2D eigenvalue weighted by molar-refractivity contribution is 0.102. The largest absolute Gasteiger partial charge is 0.372 e. The van der Waals surface area contributed by atoms with E-state index in [2.05, 4.69) is 36.5 Å². The average molecular weight is 335 g/mol. The fourth-order valence-corrected chi connectivity index (χ4v) is 2.55. The van der Waals surface area contributed by atoms with Crippen LogP contribution in [0.5, 0.6) is 0 Å². The summed E-state index contributed by atoms with van der Waals surface area (Å²) in [4.78, 5) is 20.3. The predicted molar refractivity (Wildman–Crippen MR) is 83.1 cm³/mol. The molecule has 0 atom stereocenters. The van der Waals surface area contributed by atoms with Crippen LogP contribution in [0.4, 0.5) is 11.5 Å². The number of anilines is 2. The first-order valence-corrected chi connectivity index (χ1v) is 6.88. The van der Waals surface area contributed by atoms with Crippen LogP contribution in [0.1, 0.15) is 21.6 Å². The van der Waals surface area contributed by atoms with Crippen LogP contribution in [0.15, 0.2) is 29.0 Å². The van der Waals surface area contributed by atoms with Crippen molar-refractivity contribution in [2.24, 2.45) is 0 Å². The van der Waals surface area contributed by atoms with Gasteiger partial charge in [0.05, 0.1) is 12.4 Å². The number of rotatable bonds is 3. The highest BCUT2D eigenvalue weighted by Crippen LogP contribution is 2.25. The van der Waals surface area contributed by atoms with Gasteiger partial charge in [-0.1, -0.05) is 15.9 Å². The molecule has 0 bridgehead atoms. The highest BCUT2D eigenvalue weighted by molar-refractivity contribution is 9.10. The van der Waals surface area contributed by atoms with Crippen molar-refractivity contribution in [3.05, 3.63) is 45.8 Å². The highest BCUT2D eigenvalue weighted by Gasteiger charge is 2.12. The van der Waals surface area contributed by atoms with E-state index in [1.54, 1.807) is 7.05 Å². The minimum Gasteiger partial charge on any atom is -0.372 e. The van der Waals surface area contributed by atoms with E-state index in [4.69, 9.17) is 0 Å². The third-order valence-electron chi connectivity index (χ3n) is 2.88. The summed E-state index contributed by atoms with van der Waals surface area (Å²) in [5.74, 6) is 0.353. The lowest BCUT2D eigenvalue weighted by Crippen LogP contribution is -2.16. The van der Waals surface area contributed by atoms with E-state index in [9.17, 15) is 4.79 Å². The topological polar surface area (TPSA) is 66.9 Å². The summed E-state index contributed by atoms with van der Waals surface area (Å²) in [6, 6.07) is 3.91. The van der Waals surface area contributed by atoms with Crippen molar-refractivity contribution in [1.29, 1.82) is 0 Å². The quantitative estimate of drug-likeness (QED) is 0.904. The van der Waals surface area contributed by atoms with E-state index >= 15 is 0 Å². The minimum atomic E-state index is -0.270. The Labute approximate surface area is 126 Å². The Morgan fingerprint density at radius 1 is 1.15 bits per heavy atom. The van der Waals surface area contributed by atoms with Crippen LogP contribution in [0.25, 0.3) is 0 Å². The number of aromatic nitrogens is 2. The monoisotopic (exact) mass is 334 g/mol. The van der Waals surface area contributed by atoms with E-state index in [0.717, 1.165) is 21.3 Å². The first-order chi connectivity index (χ1) is 9.51. The Hall–Kier alpha value is -1.95. The normalized spacial score (nSPS) is 10.2. The summed E-state index contributed by atoms with van der Waals surface area (Å²) in [5.41, 5.74) is 3.07. The number of nitrogens with zero attached hydrogens (tertiary/aromatic N) is 2. The smallest absolute Gasteiger partial charge is 0.275 e. The van der Waals surface area contributed by atoms with Gasteiger partial charge in [0.1, 0.15) is 11.5 Å². The molecule has 0 saturated heterocycles. The van der Waals surface area contributed by atoms with Gasteiger partial charge in [0.2, 0.25) is 0 Å². The van der Waals surface area contributed by atoms with Crippen LogP contribution in [0.3, 0.4) is 0 Å². The number of carbonyl (C=O) groups is 1. The van der Waals surface area contributed by atoms with Gasteiger partial charge in [0.25, 0.3) is 5.91 Å². The number of aryl methyl sites for hydroxylation is 2. The minimum absolute atomic E-state index is 0.270. The number of halogens is 1. The number of nitrogens with one attached hydrogen (secondary N) is 2. The summed E-state index contributed by atoms with van der Waals surface area (Å²) < 4.78 is 0.990. The first-order valence-electron chi connectivity index (χ1n) is 6.09. The van der Waals surface area contributed by atoms with Crippen LogP contribution in [-0.4, -0.2) is 22.9 Å². The van der Waals surface area contributed by atoms with Crippen molar-refractivity contribution >= 4 is 33.3 Å². The number of amides is 1. The lowest BCUT2D eigenvalue weighted by Gasteiger charge is -2.12. The summed E-state index contributed by atoms with van der Waals surface area (Å²) in [6.07, 6.45) is 2.97. The van der Waals surface area contributed by atoms with E-state index in [0.29, 0.717) is 5.82 Å². The first kappa shape index (κ1) is 14.5. The number of benzene rings is 1. The Balaban J connectivity index is 2.23. The number of hydrogen-bond acceptors (Lipinski definition) is 4. The van der Waals surface area contributed by atoms with Gasteiger partial charge in [0.15, 0.2) is 0 Å². The van der Waals surface area contributed by atoms with Gasteiger partial charge in [-0.05, 0) is 37.1 Å². The molecule has 0 aliphatic rings. The van der Waals surface area contributed by atoms with Crippen molar-refractivity contribution in [3.63, 3.8) is 0 Å². The average Bonchev–Trinajstić information content (AvgIpc) is 2.42. The Morgan fingerprint density at radius 3 is 2.30 bits per heavy atom. The van der Waals surface area contributed by atoms with E-state index in [1.165, 1.54) is 12.4 Å². The molecule has 0 unspecified atom stereocenters. The number of carbonyl (C=O) groups excluding carboxylic acids is 1. The second-order valence-corrected chi connectivity index (χ2v) is 5.32. The fourth-order valence-electron chi connectivity index (χ4n) is 1.86. The summed E-state index contributed by atoms with van der Waals surface area (Å²) in [5, 5.41) is 5.73. The second-order valence-electron chi connectivity index (χ2n) is 4.41. The zero-order valence-corrected chi connectivity index (χ0v) is 13.1. The molecule has 0 saturated carbocycles. The third kappa shape index (κ3) is 3.14. The molecule has 2 N–H and O–H groups in total. The van der Waals surface area contributed by atoms with Crippen LogP contribution in [0, 0.1) is 13.8 Å². The standard InChI is InChI=1S/C14H15BrN4O/c1-8-4-10(15)5-9(2)13(8)19-14(20)11-6-18-12(16-3)7-17-11/h4-7H,1-3H3,(H,16,18)(H,19,20). The van der Waals surface area contributed by atoms with E-state index in [-0.39, 0.29) is 11.6 Å². The van der Waals surface area contributed by atoms with Gasteiger partial charge in [-0.25, -0.2) is 9.97 Å². The zero-order chi connectivity index (χ0) is 14.7. The highest BCUT2D eigenvalue weighted by atomic mass is 79.9. The third-order valence-corrected chi connectivity index (χ3v) is 3.33. The molecule has 0 aliphatic heterocycles.